The molecule has 0 aliphatic carbocycles. The SMILES string of the molecule is CCCNC(=O)[C@@H](Cc1ccccc1)N(Cc1ccc(Br)cc1)C(=O)CN(c1ccc(Cl)c(Cl)c1)S(=O)(=O)c1ccc(C)cc1. The molecule has 4 rings (SSSR count). The van der Waals surface area contributed by atoms with Crippen LogP contribution >= 0.6 is 39.1 Å². The molecule has 0 saturated carbocycles. The van der Waals surface area contributed by atoms with E-state index in [0.29, 0.717) is 13.0 Å². The number of hydrogen-bond donors (Lipinski definition) is 1. The molecule has 0 aliphatic heterocycles. The van der Waals surface area contributed by atoms with Gasteiger partial charge >= 0.3 is 0 Å². The van der Waals surface area contributed by atoms with Gasteiger partial charge < -0.3 is 10.2 Å². The summed E-state index contributed by atoms with van der Waals surface area (Å²) in [4.78, 5) is 29.6. The molecule has 0 aromatic heterocycles. The zero-order chi connectivity index (χ0) is 32.6. The first-order chi connectivity index (χ1) is 21.5. The van der Waals surface area contributed by atoms with Gasteiger partial charge in [0.25, 0.3) is 10.0 Å². The van der Waals surface area contributed by atoms with E-state index in [9.17, 15) is 18.0 Å². The van der Waals surface area contributed by atoms with Gasteiger partial charge in [0.05, 0.1) is 20.6 Å². The summed E-state index contributed by atoms with van der Waals surface area (Å²) in [5.74, 6) is -0.888. The van der Waals surface area contributed by atoms with Crippen LogP contribution in [0.4, 0.5) is 5.69 Å². The molecule has 0 saturated heterocycles. The van der Waals surface area contributed by atoms with Crippen LogP contribution in [0.5, 0.6) is 0 Å². The van der Waals surface area contributed by atoms with Crippen LogP contribution in [0.25, 0.3) is 0 Å². The number of carbonyl (C=O) groups is 2. The number of rotatable bonds is 13. The molecule has 2 amide bonds. The van der Waals surface area contributed by atoms with Gasteiger partial charge in [0, 0.05) is 24.0 Å². The molecule has 7 nitrogen and oxygen atoms in total. The molecule has 4 aromatic carbocycles. The second-order valence-electron chi connectivity index (χ2n) is 10.6. The molecule has 0 aliphatic rings. The zero-order valence-electron chi connectivity index (χ0n) is 24.9. The van der Waals surface area contributed by atoms with E-state index in [1.165, 1.54) is 35.2 Å². The maximum atomic E-state index is 14.5. The van der Waals surface area contributed by atoms with Gasteiger partial charge in [-0.3, -0.25) is 13.9 Å². The molecule has 1 N–H and O–H groups in total. The third-order valence-corrected chi connectivity index (χ3v) is 10.2. The van der Waals surface area contributed by atoms with Crippen LogP contribution in [-0.2, 0) is 32.6 Å². The van der Waals surface area contributed by atoms with Crippen molar-refractivity contribution >= 4 is 66.7 Å². The summed E-state index contributed by atoms with van der Waals surface area (Å²) in [6.45, 7) is 3.72. The molecular weight excluding hydrogens is 697 g/mol. The normalized spacial score (nSPS) is 11.9. The minimum absolute atomic E-state index is 0.00737. The van der Waals surface area contributed by atoms with E-state index >= 15 is 0 Å². The molecule has 1 atom stereocenters. The highest BCUT2D eigenvalue weighted by Crippen LogP contribution is 2.31. The molecule has 236 valence electrons. The van der Waals surface area contributed by atoms with E-state index in [1.54, 1.807) is 12.1 Å². The van der Waals surface area contributed by atoms with Crippen LogP contribution in [0.15, 0.2) is 106 Å². The third kappa shape index (κ3) is 9.10. The molecule has 0 bridgehead atoms. The van der Waals surface area contributed by atoms with Crippen LogP contribution in [0.1, 0.15) is 30.0 Å². The van der Waals surface area contributed by atoms with Crippen LogP contribution in [-0.4, -0.2) is 44.3 Å². The van der Waals surface area contributed by atoms with Crippen molar-refractivity contribution in [2.45, 2.75) is 44.2 Å². The van der Waals surface area contributed by atoms with Crippen LogP contribution in [0.2, 0.25) is 10.0 Å². The van der Waals surface area contributed by atoms with Crippen molar-refractivity contribution in [1.82, 2.24) is 10.2 Å². The molecule has 0 radical (unpaired) electrons. The lowest BCUT2D eigenvalue weighted by atomic mass is 10.0. The van der Waals surface area contributed by atoms with Crippen molar-refractivity contribution in [3.8, 4) is 0 Å². The monoisotopic (exact) mass is 729 g/mol. The predicted molar refractivity (Wildman–Crippen MR) is 184 cm³/mol. The number of nitrogens with one attached hydrogen (secondary N) is 1. The molecule has 0 fully saturated rings. The maximum absolute atomic E-state index is 14.5. The largest absolute Gasteiger partial charge is 0.354 e. The number of carbonyl (C=O) groups excluding carboxylic acids is 2. The Morgan fingerprint density at radius 3 is 2.16 bits per heavy atom. The summed E-state index contributed by atoms with van der Waals surface area (Å²) in [6, 6.07) is 26.7. The Morgan fingerprint density at radius 1 is 0.867 bits per heavy atom. The fourth-order valence-electron chi connectivity index (χ4n) is 4.71. The summed E-state index contributed by atoms with van der Waals surface area (Å²) in [5, 5.41) is 3.32. The molecule has 4 aromatic rings. The lowest BCUT2D eigenvalue weighted by Crippen LogP contribution is -2.53. The first kappa shape index (κ1) is 34.5. The average molecular weight is 732 g/mol. The first-order valence-electron chi connectivity index (χ1n) is 14.4. The highest BCUT2D eigenvalue weighted by Gasteiger charge is 2.34. The number of hydrogen-bond acceptors (Lipinski definition) is 4. The van der Waals surface area contributed by atoms with Gasteiger partial charge in [-0.25, -0.2) is 8.42 Å². The van der Waals surface area contributed by atoms with Gasteiger partial charge in [0.2, 0.25) is 11.8 Å². The fourth-order valence-corrected chi connectivity index (χ4v) is 6.68. The fraction of sp³-hybridized carbons (Fsp3) is 0.235. The van der Waals surface area contributed by atoms with E-state index in [1.807, 2.05) is 68.4 Å². The van der Waals surface area contributed by atoms with Crippen molar-refractivity contribution in [2.24, 2.45) is 0 Å². The van der Waals surface area contributed by atoms with Crippen molar-refractivity contribution in [1.29, 1.82) is 0 Å². The molecular formula is C34H34BrCl2N3O4S. The second-order valence-corrected chi connectivity index (χ2v) is 14.2. The van der Waals surface area contributed by atoms with Gasteiger partial charge in [-0.1, -0.05) is 106 Å². The van der Waals surface area contributed by atoms with Gasteiger partial charge in [-0.15, -0.1) is 0 Å². The zero-order valence-corrected chi connectivity index (χ0v) is 28.8. The topological polar surface area (TPSA) is 86.8 Å². The predicted octanol–water partition coefficient (Wildman–Crippen LogP) is 7.43. The summed E-state index contributed by atoms with van der Waals surface area (Å²) in [7, 11) is -4.25. The minimum atomic E-state index is -4.25. The van der Waals surface area contributed by atoms with Gasteiger partial charge in [-0.2, -0.15) is 0 Å². The smallest absolute Gasteiger partial charge is 0.264 e. The van der Waals surface area contributed by atoms with Crippen molar-refractivity contribution in [3.05, 3.63) is 128 Å². The van der Waals surface area contributed by atoms with Gasteiger partial charge in [-0.05, 0) is 66.9 Å². The number of benzene rings is 4. The Balaban J connectivity index is 1.81. The van der Waals surface area contributed by atoms with Crippen molar-refractivity contribution in [2.75, 3.05) is 17.4 Å². The summed E-state index contributed by atoms with van der Waals surface area (Å²) >= 11 is 15.9. The standard InChI is InChI=1S/C34H34BrCl2N3O4S/c1-3-19-38-34(42)32(20-25-7-5-4-6-8-25)39(22-26-11-13-27(35)14-12-26)33(41)23-40(28-15-18-30(36)31(37)21-28)45(43,44)29-16-9-24(2)10-17-29/h4-18,21,32H,3,19-20,22-23H2,1-2H3,(H,38,42)/t32-/m1/s1. The Kier molecular flexibility index (Phi) is 12.1. The maximum Gasteiger partial charge on any atom is 0.264 e. The quantitative estimate of drug-likeness (QED) is 0.155. The van der Waals surface area contributed by atoms with Crippen LogP contribution in [0, 0.1) is 6.92 Å². The molecule has 11 heteroatoms. The summed E-state index contributed by atoms with van der Waals surface area (Å²) in [5.41, 5.74) is 2.68. The highest BCUT2D eigenvalue weighted by molar-refractivity contribution is 9.10. The lowest BCUT2D eigenvalue weighted by Gasteiger charge is -2.34. The Labute approximate surface area is 283 Å². The summed E-state index contributed by atoms with van der Waals surface area (Å²) < 4.78 is 30.1. The number of aryl methyl sites for hydroxylation is 1. The van der Waals surface area contributed by atoms with E-state index in [-0.39, 0.29) is 39.5 Å². The number of nitrogens with zero attached hydrogens (tertiary/aromatic N) is 2. The first-order valence-corrected chi connectivity index (χ1v) is 17.4. The number of halogens is 3. The number of amides is 2. The Hall–Kier alpha value is -3.37. The molecule has 45 heavy (non-hydrogen) atoms. The molecule has 0 unspecified atom stereocenters. The van der Waals surface area contributed by atoms with Gasteiger partial charge in [0.15, 0.2) is 0 Å². The second kappa shape index (κ2) is 15.8. The van der Waals surface area contributed by atoms with E-state index in [4.69, 9.17) is 23.2 Å². The lowest BCUT2D eigenvalue weighted by molar-refractivity contribution is -0.140. The number of anilines is 1. The molecule has 0 spiro atoms. The Morgan fingerprint density at radius 2 is 1.53 bits per heavy atom. The third-order valence-electron chi connectivity index (χ3n) is 7.17. The molecule has 0 heterocycles. The number of sulfonamides is 1. The van der Waals surface area contributed by atoms with E-state index in [0.717, 1.165) is 25.5 Å². The van der Waals surface area contributed by atoms with Crippen molar-refractivity contribution in [3.63, 3.8) is 0 Å². The highest BCUT2D eigenvalue weighted by atomic mass is 79.9. The average Bonchev–Trinajstić information content (AvgIpc) is 3.03. The summed E-state index contributed by atoms with van der Waals surface area (Å²) in [6.07, 6.45) is 0.945. The van der Waals surface area contributed by atoms with Crippen molar-refractivity contribution < 1.29 is 18.0 Å². The van der Waals surface area contributed by atoms with Crippen LogP contribution in [0.3, 0.4) is 0 Å². The van der Waals surface area contributed by atoms with E-state index in [2.05, 4.69) is 21.2 Å². The minimum Gasteiger partial charge on any atom is -0.354 e. The van der Waals surface area contributed by atoms with Crippen LogP contribution < -0.4 is 9.62 Å². The Bertz CT molecular complexity index is 1720. The van der Waals surface area contributed by atoms with Gasteiger partial charge in [0.1, 0.15) is 12.6 Å². The van der Waals surface area contributed by atoms with E-state index < -0.39 is 28.5 Å².